The summed E-state index contributed by atoms with van der Waals surface area (Å²) in [6, 6.07) is 7.35. The maximum Gasteiger partial charge on any atom is 0.144 e. The monoisotopic (exact) mass is 454 g/mol. The Labute approximate surface area is 186 Å². The van der Waals surface area contributed by atoms with Crippen molar-refractivity contribution >= 4 is 46.4 Å². The number of piperidine rings is 1. The van der Waals surface area contributed by atoms with E-state index in [1.165, 1.54) is 0 Å². The van der Waals surface area contributed by atoms with E-state index in [1.807, 2.05) is 13.0 Å². The Balaban J connectivity index is 1.65. The highest BCUT2D eigenvalue weighted by Crippen LogP contribution is 2.23. The van der Waals surface area contributed by atoms with Crippen LogP contribution in [0.25, 0.3) is 0 Å². The van der Waals surface area contributed by atoms with Crippen molar-refractivity contribution in [1.82, 2.24) is 14.9 Å². The Kier molecular flexibility index (Phi) is 7.74. The Morgan fingerprint density at radius 1 is 1.17 bits per heavy atom. The molecule has 0 radical (unpaired) electrons. The summed E-state index contributed by atoms with van der Waals surface area (Å²) in [5, 5.41) is 4.52. The van der Waals surface area contributed by atoms with Gasteiger partial charge in [-0.25, -0.2) is 9.97 Å². The zero-order valence-electron chi connectivity index (χ0n) is 16.6. The number of benzene rings is 1. The average Bonchev–Trinajstić information content (AvgIpc) is 2.63. The number of ketones is 1. The predicted octanol–water partition coefficient (Wildman–Crippen LogP) is 4.56. The van der Waals surface area contributed by atoms with Crippen LogP contribution in [0.15, 0.2) is 24.3 Å². The number of aryl methyl sites for hydroxylation is 1. The lowest BCUT2D eigenvalue weighted by atomic mass is 10.1. The third kappa shape index (κ3) is 6.54. The van der Waals surface area contributed by atoms with Gasteiger partial charge in [-0.2, -0.15) is 0 Å². The van der Waals surface area contributed by atoms with Gasteiger partial charge in [-0.05, 0) is 37.6 Å². The molecule has 0 saturated carbocycles. The molecule has 2 heterocycles. The third-order valence-electron chi connectivity index (χ3n) is 4.92. The van der Waals surface area contributed by atoms with Crippen LogP contribution in [0, 0.1) is 6.92 Å². The molecule has 1 aromatic carbocycles. The number of alkyl halides is 1. The maximum atomic E-state index is 12.5. The molecule has 1 aliphatic rings. The van der Waals surface area contributed by atoms with Crippen molar-refractivity contribution in [3.8, 4) is 0 Å². The molecule has 0 aliphatic carbocycles. The zero-order chi connectivity index (χ0) is 21.0. The molecule has 29 heavy (non-hydrogen) atoms. The summed E-state index contributed by atoms with van der Waals surface area (Å²) in [4.78, 5) is 23.8. The SMILES string of the molecule is CCN1CC(Cl)CC(Nc2cc(C)nc(CC(=O)Cc3ccc(Cl)c(Cl)c3)n2)C1. The summed E-state index contributed by atoms with van der Waals surface area (Å²) in [6.45, 7) is 6.85. The highest BCUT2D eigenvalue weighted by atomic mass is 35.5. The number of aromatic nitrogens is 2. The van der Waals surface area contributed by atoms with Gasteiger partial charge in [0.05, 0.1) is 16.5 Å². The molecule has 1 fully saturated rings. The molecule has 2 aromatic rings. The van der Waals surface area contributed by atoms with Crippen molar-refractivity contribution in [2.45, 2.75) is 44.5 Å². The highest BCUT2D eigenvalue weighted by molar-refractivity contribution is 6.42. The van der Waals surface area contributed by atoms with E-state index in [0.29, 0.717) is 15.9 Å². The van der Waals surface area contributed by atoms with Crippen LogP contribution < -0.4 is 5.32 Å². The minimum absolute atomic E-state index is 0.0237. The van der Waals surface area contributed by atoms with Gasteiger partial charge in [0, 0.05) is 42.7 Å². The quantitative estimate of drug-likeness (QED) is 0.620. The first kappa shape index (κ1) is 22.3. The van der Waals surface area contributed by atoms with Crippen LogP contribution in [0.5, 0.6) is 0 Å². The molecule has 0 spiro atoms. The van der Waals surface area contributed by atoms with Gasteiger partial charge in [-0.3, -0.25) is 4.79 Å². The minimum Gasteiger partial charge on any atom is -0.366 e. The van der Waals surface area contributed by atoms with Crippen LogP contribution in [-0.2, 0) is 17.6 Å². The summed E-state index contributed by atoms with van der Waals surface area (Å²) in [7, 11) is 0. The minimum atomic E-state index is 0.0237. The van der Waals surface area contributed by atoms with Gasteiger partial charge in [0.25, 0.3) is 0 Å². The highest BCUT2D eigenvalue weighted by Gasteiger charge is 2.25. The van der Waals surface area contributed by atoms with Gasteiger partial charge < -0.3 is 10.2 Å². The lowest BCUT2D eigenvalue weighted by Crippen LogP contribution is -2.46. The first-order valence-corrected chi connectivity index (χ1v) is 10.9. The summed E-state index contributed by atoms with van der Waals surface area (Å²) >= 11 is 18.4. The number of anilines is 1. The van der Waals surface area contributed by atoms with Gasteiger partial charge >= 0.3 is 0 Å². The van der Waals surface area contributed by atoms with E-state index in [4.69, 9.17) is 34.8 Å². The van der Waals surface area contributed by atoms with E-state index >= 15 is 0 Å². The number of halogens is 3. The average molecular weight is 456 g/mol. The van der Waals surface area contributed by atoms with E-state index < -0.39 is 0 Å². The molecule has 2 atom stereocenters. The molecule has 1 saturated heterocycles. The Bertz CT molecular complexity index is 877. The normalized spacial score (nSPS) is 19.9. The molecule has 5 nitrogen and oxygen atoms in total. The number of Topliss-reactive ketones (excluding diaryl/α,β-unsaturated/α-hetero) is 1. The summed E-state index contributed by atoms with van der Waals surface area (Å²) in [5.74, 6) is 1.28. The molecule has 156 valence electrons. The van der Waals surface area contributed by atoms with E-state index in [9.17, 15) is 4.79 Å². The van der Waals surface area contributed by atoms with Crippen molar-refractivity contribution < 1.29 is 4.79 Å². The number of hydrogen-bond donors (Lipinski definition) is 1. The largest absolute Gasteiger partial charge is 0.366 e. The summed E-state index contributed by atoms with van der Waals surface area (Å²) < 4.78 is 0. The van der Waals surface area contributed by atoms with Gasteiger partial charge in [-0.15, -0.1) is 11.6 Å². The van der Waals surface area contributed by atoms with Crippen LogP contribution >= 0.6 is 34.8 Å². The first-order valence-electron chi connectivity index (χ1n) is 9.75. The van der Waals surface area contributed by atoms with E-state index in [1.54, 1.807) is 18.2 Å². The van der Waals surface area contributed by atoms with Crippen LogP contribution in [-0.4, -0.2) is 51.7 Å². The number of rotatable bonds is 7. The smallest absolute Gasteiger partial charge is 0.144 e. The number of nitrogens with zero attached hydrogens (tertiary/aromatic N) is 3. The number of likely N-dealkylation sites (N-methyl/N-ethyl adjacent to an activating group) is 1. The van der Waals surface area contributed by atoms with Crippen LogP contribution in [0.1, 0.15) is 30.4 Å². The number of carbonyl (C=O) groups is 1. The Hall–Kier alpha value is -1.40. The topological polar surface area (TPSA) is 58.1 Å². The van der Waals surface area contributed by atoms with Crippen LogP contribution in [0.4, 0.5) is 5.82 Å². The fourth-order valence-corrected chi connectivity index (χ4v) is 4.33. The molecular weight excluding hydrogens is 431 g/mol. The van der Waals surface area contributed by atoms with Crippen molar-refractivity contribution in [3.63, 3.8) is 0 Å². The van der Waals surface area contributed by atoms with Gasteiger partial charge in [-0.1, -0.05) is 36.2 Å². The fourth-order valence-electron chi connectivity index (χ4n) is 3.60. The number of carbonyl (C=O) groups excluding carboxylic acids is 1. The first-order chi connectivity index (χ1) is 13.8. The number of nitrogens with one attached hydrogen (secondary N) is 1. The summed E-state index contributed by atoms with van der Waals surface area (Å²) in [6.07, 6.45) is 1.31. The lowest BCUT2D eigenvalue weighted by Gasteiger charge is -2.35. The summed E-state index contributed by atoms with van der Waals surface area (Å²) in [5.41, 5.74) is 1.65. The molecule has 2 unspecified atom stereocenters. The molecular formula is C21H25Cl3N4O. The van der Waals surface area contributed by atoms with Crippen molar-refractivity contribution in [3.05, 3.63) is 51.4 Å². The Morgan fingerprint density at radius 3 is 2.69 bits per heavy atom. The second kappa shape index (κ2) is 10.1. The van der Waals surface area contributed by atoms with Crippen molar-refractivity contribution in [2.24, 2.45) is 0 Å². The second-order valence-electron chi connectivity index (χ2n) is 7.48. The van der Waals surface area contributed by atoms with Crippen molar-refractivity contribution in [2.75, 3.05) is 25.0 Å². The van der Waals surface area contributed by atoms with Crippen molar-refractivity contribution in [1.29, 1.82) is 0 Å². The maximum absolute atomic E-state index is 12.5. The molecule has 1 aromatic heterocycles. The van der Waals surface area contributed by atoms with Crippen LogP contribution in [0.3, 0.4) is 0 Å². The van der Waals surface area contributed by atoms with Gasteiger partial charge in [0.1, 0.15) is 17.4 Å². The number of likely N-dealkylation sites (tertiary alicyclic amines) is 1. The predicted molar refractivity (Wildman–Crippen MR) is 119 cm³/mol. The van der Waals surface area contributed by atoms with Gasteiger partial charge in [0.15, 0.2) is 0 Å². The molecule has 1 aliphatic heterocycles. The Morgan fingerprint density at radius 2 is 1.97 bits per heavy atom. The fraction of sp³-hybridized carbons (Fsp3) is 0.476. The second-order valence-corrected chi connectivity index (χ2v) is 8.91. The van der Waals surface area contributed by atoms with Gasteiger partial charge in [0.2, 0.25) is 0 Å². The molecule has 1 N–H and O–H groups in total. The molecule has 8 heteroatoms. The standard InChI is InChI=1S/C21H25Cl3N4O/c1-3-28-11-15(22)9-16(12-28)26-20-6-13(2)25-21(27-20)10-17(29)7-14-4-5-18(23)19(24)8-14/h4-6,8,15-16H,3,7,9-12H2,1-2H3,(H,25,26,27). The van der Waals surface area contributed by atoms with Crippen LogP contribution in [0.2, 0.25) is 10.0 Å². The lowest BCUT2D eigenvalue weighted by molar-refractivity contribution is -0.117. The third-order valence-corrected chi connectivity index (χ3v) is 5.97. The zero-order valence-corrected chi connectivity index (χ0v) is 18.9. The molecule has 0 bridgehead atoms. The molecule has 0 amide bonds. The number of hydrogen-bond acceptors (Lipinski definition) is 5. The van der Waals surface area contributed by atoms with E-state index in [-0.39, 0.29) is 30.0 Å². The van der Waals surface area contributed by atoms with E-state index in [0.717, 1.165) is 43.1 Å². The molecule has 3 rings (SSSR count). The van der Waals surface area contributed by atoms with E-state index in [2.05, 4.69) is 27.1 Å².